The highest BCUT2D eigenvalue weighted by Crippen LogP contribution is 2.39. The van der Waals surface area contributed by atoms with Crippen LogP contribution in [-0.4, -0.2) is 20.5 Å². The molecule has 17 heavy (non-hydrogen) atoms. The van der Waals surface area contributed by atoms with Crippen molar-refractivity contribution in [1.82, 2.24) is 0 Å². The van der Waals surface area contributed by atoms with Gasteiger partial charge in [-0.1, -0.05) is 27.7 Å². The van der Waals surface area contributed by atoms with Gasteiger partial charge < -0.3 is 8.85 Å². The summed E-state index contributed by atoms with van der Waals surface area (Å²) in [6, 6.07) is 0. The van der Waals surface area contributed by atoms with E-state index in [0.717, 1.165) is 12.8 Å². The second-order valence-corrected chi connectivity index (χ2v) is 8.35. The topological polar surface area (TPSA) is 52.6 Å². The lowest BCUT2D eigenvalue weighted by Crippen LogP contribution is -2.51. The Bertz CT molecular complexity index is 250. The maximum absolute atomic E-state index is 11.3. The summed E-state index contributed by atoms with van der Waals surface area (Å²) in [6.07, 6.45) is 1.66. The molecule has 100 valence electrons. The maximum atomic E-state index is 11.3. The first-order valence-corrected chi connectivity index (χ1v) is 8.16. The fourth-order valence-electron chi connectivity index (χ4n) is 1.93. The summed E-state index contributed by atoms with van der Waals surface area (Å²) in [6.45, 7) is 10.8. The van der Waals surface area contributed by atoms with Crippen molar-refractivity contribution < 1.29 is 18.4 Å². The molecule has 2 unspecified atom stereocenters. The minimum Gasteiger partial charge on any atom is -0.485 e. The van der Waals surface area contributed by atoms with Crippen molar-refractivity contribution in [2.75, 3.05) is 0 Å². The molecule has 0 fully saturated rings. The first kappa shape index (κ1) is 16.2. The molecule has 0 aliphatic carbocycles. The molecule has 0 saturated heterocycles. The van der Waals surface area contributed by atoms with Crippen LogP contribution < -0.4 is 0 Å². The fourth-order valence-corrected chi connectivity index (χ4v) is 5.78. The van der Waals surface area contributed by atoms with Crippen molar-refractivity contribution in [3.63, 3.8) is 0 Å². The molecular formula is C12H24O4Si. The highest BCUT2D eigenvalue weighted by atomic mass is 28.4. The summed E-state index contributed by atoms with van der Waals surface area (Å²) in [7, 11) is -2.83. The average molecular weight is 260 g/mol. The van der Waals surface area contributed by atoms with Crippen molar-refractivity contribution in [2.24, 2.45) is 0 Å². The van der Waals surface area contributed by atoms with E-state index in [-0.39, 0.29) is 23.0 Å². The lowest BCUT2D eigenvalue weighted by Gasteiger charge is -2.37. The third kappa shape index (κ3) is 4.15. The van der Waals surface area contributed by atoms with Crippen LogP contribution in [0.4, 0.5) is 0 Å². The van der Waals surface area contributed by atoms with Crippen LogP contribution in [0.15, 0.2) is 0 Å². The zero-order chi connectivity index (χ0) is 13.6. The van der Waals surface area contributed by atoms with Gasteiger partial charge in [0.25, 0.3) is 11.9 Å². The highest BCUT2D eigenvalue weighted by Gasteiger charge is 2.53. The third-order valence-electron chi connectivity index (χ3n) is 3.21. The van der Waals surface area contributed by atoms with Crippen LogP contribution in [0.25, 0.3) is 0 Å². The summed E-state index contributed by atoms with van der Waals surface area (Å²) < 4.78 is 11.0. The minimum absolute atomic E-state index is 0.102. The van der Waals surface area contributed by atoms with Gasteiger partial charge in [-0.15, -0.1) is 0 Å². The summed E-state index contributed by atoms with van der Waals surface area (Å²) in [5, 5.41) is 0. The number of hydrogen-bond donors (Lipinski definition) is 0. The Morgan fingerprint density at radius 2 is 1.24 bits per heavy atom. The Labute approximate surface area is 105 Å². The first-order chi connectivity index (χ1) is 7.80. The van der Waals surface area contributed by atoms with E-state index < -0.39 is 8.56 Å². The van der Waals surface area contributed by atoms with Crippen LogP contribution in [0.5, 0.6) is 0 Å². The average Bonchev–Trinajstić information content (AvgIpc) is 2.24. The Balaban J connectivity index is 5.33. The van der Waals surface area contributed by atoms with Gasteiger partial charge in [-0.05, 0) is 12.8 Å². The van der Waals surface area contributed by atoms with Crippen molar-refractivity contribution in [2.45, 2.75) is 65.5 Å². The molecular weight excluding hydrogens is 236 g/mol. The SMILES string of the molecule is CCC(C)[Si](OC(C)=O)(OC(C)=O)C(C)CC. The zero-order valence-corrected chi connectivity index (χ0v) is 12.7. The van der Waals surface area contributed by atoms with Crippen molar-refractivity contribution >= 4 is 20.5 Å². The van der Waals surface area contributed by atoms with Crippen LogP contribution in [0.1, 0.15) is 54.4 Å². The quantitative estimate of drug-likeness (QED) is 0.688. The van der Waals surface area contributed by atoms with E-state index in [1.165, 1.54) is 13.8 Å². The van der Waals surface area contributed by atoms with Gasteiger partial charge in [-0.2, -0.15) is 0 Å². The molecule has 5 heteroatoms. The molecule has 0 aromatic carbocycles. The normalized spacial score (nSPS) is 14.9. The van der Waals surface area contributed by atoms with Crippen LogP contribution >= 0.6 is 0 Å². The predicted octanol–water partition coefficient (Wildman–Crippen LogP) is 3.16. The summed E-state index contributed by atoms with van der Waals surface area (Å²) in [5.74, 6) is -0.725. The van der Waals surface area contributed by atoms with Gasteiger partial charge >= 0.3 is 8.56 Å². The second kappa shape index (κ2) is 6.79. The van der Waals surface area contributed by atoms with E-state index in [2.05, 4.69) is 0 Å². The van der Waals surface area contributed by atoms with E-state index >= 15 is 0 Å². The van der Waals surface area contributed by atoms with Crippen molar-refractivity contribution in [3.05, 3.63) is 0 Å². The van der Waals surface area contributed by atoms with Gasteiger partial charge in [0.2, 0.25) is 0 Å². The Hall–Kier alpha value is -0.843. The molecule has 0 heterocycles. The summed E-state index contributed by atoms with van der Waals surface area (Å²) in [5.41, 5.74) is 0.204. The molecule has 0 radical (unpaired) electrons. The minimum atomic E-state index is -2.83. The van der Waals surface area contributed by atoms with Gasteiger partial charge in [0.15, 0.2) is 0 Å². The van der Waals surface area contributed by atoms with Gasteiger partial charge in [-0.25, -0.2) is 0 Å². The van der Waals surface area contributed by atoms with Crippen molar-refractivity contribution in [1.29, 1.82) is 0 Å². The Morgan fingerprint density at radius 1 is 0.941 bits per heavy atom. The number of rotatable bonds is 6. The molecule has 0 rings (SSSR count). The molecule has 2 atom stereocenters. The molecule has 0 aliphatic rings. The lowest BCUT2D eigenvalue weighted by atomic mass is 10.4. The first-order valence-electron chi connectivity index (χ1n) is 6.19. The van der Waals surface area contributed by atoms with E-state index in [9.17, 15) is 9.59 Å². The summed E-state index contributed by atoms with van der Waals surface area (Å²) >= 11 is 0. The van der Waals surface area contributed by atoms with Gasteiger partial charge in [-0.3, -0.25) is 9.59 Å². The smallest absolute Gasteiger partial charge is 0.470 e. The van der Waals surface area contributed by atoms with Crippen LogP contribution in [0.2, 0.25) is 11.1 Å². The molecule has 0 aliphatic heterocycles. The standard InChI is InChI=1S/C12H24O4Si/c1-7-9(3)17(10(4)8-2,15-11(5)13)16-12(6)14/h9-10H,7-8H2,1-6H3. The Morgan fingerprint density at radius 3 is 1.41 bits per heavy atom. The molecule has 0 aromatic heterocycles. The number of hydrogen-bond acceptors (Lipinski definition) is 4. The van der Waals surface area contributed by atoms with Crippen LogP contribution in [-0.2, 0) is 18.4 Å². The fraction of sp³-hybridized carbons (Fsp3) is 0.833. The zero-order valence-electron chi connectivity index (χ0n) is 11.7. The molecule has 0 N–H and O–H groups in total. The molecule has 0 aromatic rings. The van der Waals surface area contributed by atoms with E-state index in [1.807, 2.05) is 27.7 Å². The number of carbonyl (C=O) groups excluding carboxylic acids is 2. The van der Waals surface area contributed by atoms with E-state index in [0.29, 0.717) is 0 Å². The maximum Gasteiger partial charge on any atom is 0.470 e. The summed E-state index contributed by atoms with van der Waals surface area (Å²) in [4.78, 5) is 22.6. The Kier molecular flexibility index (Phi) is 6.45. The second-order valence-electron chi connectivity index (χ2n) is 4.53. The van der Waals surface area contributed by atoms with E-state index in [1.54, 1.807) is 0 Å². The van der Waals surface area contributed by atoms with Gasteiger partial charge in [0.05, 0.1) is 0 Å². The molecule has 0 amide bonds. The van der Waals surface area contributed by atoms with Gasteiger partial charge in [0.1, 0.15) is 0 Å². The van der Waals surface area contributed by atoms with Crippen LogP contribution in [0, 0.1) is 0 Å². The molecule has 0 bridgehead atoms. The highest BCUT2D eigenvalue weighted by molar-refractivity contribution is 6.73. The lowest BCUT2D eigenvalue weighted by molar-refractivity contribution is -0.139. The van der Waals surface area contributed by atoms with E-state index in [4.69, 9.17) is 8.85 Å². The van der Waals surface area contributed by atoms with Gasteiger partial charge in [0, 0.05) is 24.9 Å². The third-order valence-corrected chi connectivity index (χ3v) is 7.98. The molecule has 0 saturated carbocycles. The van der Waals surface area contributed by atoms with Crippen LogP contribution in [0.3, 0.4) is 0 Å². The monoisotopic (exact) mass is 260 g/mol. The number of carbonyl (C=O) groups is 2. The molecule has 4 nitrogen and oxygen atoms in total. The predicted molar refractivity (Wildman–Crippen MR) is 68.7 cm³/mol. The molecule has 0 spiro atoms. The largest absolute Gasteiger partial charge is 0.485 e. The van der Waals surface area contributed by atoms with Crippen molar-refractivity contribution in [3.8, 4) is 0 Å².